The summed E-state index contributed by atoms with van der Waals surface area (Å²) in [7, 11) is 1.65. The third-order valence-electron chi connectivity index (χ3n) is 4.81. The molecule has 0 spiro atoms. The minimum atomic E-state index is -0.116. The van der Waals surface area contributed by atoms with E-state index in [1.54, 1.807) is 7.11 Å². The van der Waals surface area contributed by atoms with Crippen LogP contribution in [0.25, 0.3) is 11.3 Å². The Hall–Kier alpha value is -3.08. The lowest BCUT2D eigenvalue weighted by atomic mass is 9.96. The van der Waals surface area contributed by atoms with Crippen LogP contribution in [0.2, 0.25) is 0 Å². The van der Waals surface area contributed by atoms with Crippen molar-refractivity contribution in [2.75, 3.05) is 13.7 Å². The number of ether oxygens (including phenoxy) is 1. The van der Waals surface area contributed by atoms with Gasteiger partial charge >= 0.3 is 0 Å². The van der Waals surface area contributed by atoms with Crippen molar-refractivity contribution in [2.24, 2.45) is 0 Å². The lowest BCUT2D eigenvalue weighted by molar-refractivity contribution is 0.0744. The number of aromatic amines is 1. The molecule has 4 rings (SSSR count). The molecular weight excluding hydrogens is 326 g/mol. The van der Waals surface area contributed by atoms with Crippen molar-refractivity contribution in [2.45, 2.75) is 19.4 Å². The normalized spacial score (nSPS) is 16.0. The van der Waals surface area contributed by atoms with E-state index in [9.17, 15) is 4.79 Å². The molecule has 1 aromatic heterocycles. The molecular formula is C21H21N3O2. The van der Waals surface area contributed by atoms with E-state index in [0.29, 0.717) is 12.2 Å². The van der Waals surface area contributed by atoms with Gasteiger partial charge in [-0.2, -0.15) is 5.10 Å². The molecule has 0 radical (unpaired) electrons. The number of nitrogens with one attached hydrogen (secondary N) is 1. The molecule has 5 heteroatoms. The number of aromatic nitrogens is 2. The number of carbonyl (C=O) groups is 1. The summed E-state index contributed by atoms with van der Waals surface area (Å²) in [6.45, 7) is 2.80. The maximum atomic E-state index is 13.0. The predicted molar refractivity (Wildman–Crippen MR) is 100 cm³/mol. The number of amides is 1. The Morgan fingerprint density at radius 2 is 1.85 bits per heavy atom. The zero-order chi connectivity index (χ0) is 18.1. The number of methoxy groups -OCH3 is 1. The van der Waals surface area contributed by atoms with Crippen LogP contribution in [-0.4, -0.2) is 34.7 Å². The highest BCUT2D eigenvalue weighted by Crippen LogP contribution is 2.42. The van der Waals surface area contributed by atoms with E-state index in [1.165, 1.54) is 0 Å². The van der Waals surface area contributed by atoms with E-state index in [4.69, 9.17) is 4.74 Å². The van der Waals surface area contributed by atoms with Crippen LogP contribution in [0.15, 0.2) is 54.6 Å². The van der Waals surface area contributed by atoms with Crippen molar-refractivity contribution >= 4 is 5.91 Å². The first-order valence-corrected chi connectivity index (χ1v) is 8.83. The van der Waals surface area contributed by atoms with Crippen LogP contribution in [0.1, 0.15) is 41.0 Å². The molecule has 0 fully saturated rings. The molecule has 2 heterocycles. The van der Waals surface area contributed by atoms with Gasteiger partial charge in [0.05, 0.1) is 18.8 Å². The van der Waals surface area contributed by atoms with Gasteiger partial charge in [-0.05, 0) is 36.2 Å². The van der Waals surface area contributed by atoms with Gasteiger partial charge in [0.1, 0.15) is 11.4 Å². The summed E-state index contributed by atoms with van der Waals surface area (Å²) in [6, 6.07) is 17.8. The minimum Gasteiger partial charge on any atom is -0.497 e. The molecule has 132 valence electrons. The SMILES string of the molecule is CCCN1C(=O)c2[nH]nc(-c3ccc(OC)cc3)c2[C@H]1c1ccccc1. The molecule has 0 saturated carbocycles. The van der Waals surface area contributed by atoms with Gasteiger partial charge in [-0.1, -0.05) is 37.3 Å². The second-order valence-corrected chi connectivity index (χ2v) is 6.40. The molecule has 0 saturated heterocycles. The number of hydrogen-bond donors (Lipinski definition) is 1. The van der Waals surface area contributed by atoms with Crippen molar-refractivity contribution < 1.29 is 9.53 Å². The summed E-state index contributed by atoms with van der Waals surface area (Å²) < 4.78 is 5.25. The first-order valence-electron chi connectivity index (χ1n) is 8.83. The van der Waals surface area contributed by atoms with Crippen LogP contribution in [0.3, 0.4) is 0 Å². The van der Waals surface area contributed by atoms with E-state index in [2.05, 4.69) is 29.3 Å². The lowest BCUT2D eigenvalue weighted by Crippen LogP contribution is -2.30. The van der Waals surface area contributed by atoms with Gasteiger partial charge < -0.3 is 9.64 Å². The van der Waals surface area contributed by atoms with Gasteiger partial charge in [-0.15, -0.1) is 0 Å². The second kappa shape index (κ2) is 6.67. The Bertz CT molecular complexity index is 916. The van der Waals surface area contributed by atoms with Crippen LogP contribution >= 0.6 is 0 Å². The summed E-state index contributed by atoms with van der Waals surface area (Å²) in [6.07, 6.45) is 0.907. The molecule has 1 aliphatic heterocycles. The van der Waals surface area contributed by atoms with Crippen molar-refractivity contribution in [3.63, 3.8) is 0 Å². The highest BCUT2D eigenvalue weighted by molar-refractivity contribution is 6.00. The predicted octanol–water partition coefficient (Wildman–Crippen LogP) is 4.04. The quantitative estimate of drug-likeness (QED) is 0.758. The van der Waals surface area contributed by atoms with Gasteiger partial charge in [-0.3, -0.25) is 9.89 Å². The highest BCUT2D eigenvalue weighted by Gasteiger charge is 2.41. The van der Waals surface area contributed by atoms with Crippen LogP contribution in [0, 0.1) is 0 Å². The average Bonchev–Trinajstić information content (AvgIpc) is 3.23. The first-order chi connectivity index (χ1) is 12.7. The van der Waals surface area contributed by atoms with Crippen LogP contribution < -0.4 is 4.74 Å². The number of H-pyrrole nitrogens is 1. The number of fused-ring (bicyclic) bond motifs is 1. The maximum absolute atomic E-state index is 13.0. The summed E-state index contributed by atoms with van der Waals surface area (Å²) in [5.41, 5.74) is 4.45. The molecule has 5 nitrogen and oxygen atoms in total. The summed E-state index contributed by atoms with van der Waals surface area (Å²) in [5, 5.41) is 7.45. The van der Waals surface area contributed by atoms with Crippen LogP contribution in [-0.2, 0) is 0 Å². The fourth-order valence-corrected chi connectivity index (χ4v) is 3.62. The molecule has 0 bridgehead atoms. The van der Waals surface area contributed by atoms with Gasteiger partial charge in [0.25, 0.3) is 5.91 Å². The van der Waals surface area contributed by atoms with Gasteiger partial charge in [0.2, 0.25) is 0 Å². The Balaban J connectivity index is 1.85. The first kappa shape index (κ1) is 16.4. The zero-order valence-corrected chi connectivity index (χ0v) is 14.9. The monoisotopic (exact) mass is 347 g/mol. The van der Waals surface area contributed by atoms with Crippen LogP contribution in [0.5, 0.6) is 5.75 Å². The van der Waals surface area contributed by atoms with Gasteiger partial charge in [0.15, 0.2) is 0 Å². The fraction of sp³-hybridized carbons (Fsp3) is 0.238. The molecule has 1 N–H and O–H groups in total. The van der Waals surface area contributed by atoms with Gasteiger partial charge in [-0.25, -0.2) is 0 Å². The molecule has 0 unspecified atom stereocenters. The van der Waals surface area contributed by atoms with Gasteiger partial charge in [0, 0.05) is 17.7 Å². The van der Waals surface area contributed by atoms with E-state index in [0.717, 1.165) is 34.6 Å². The number of rotatable bonds is 5. The standard InChI is InChI=1S/C21H21N3O2/c1-3-13-24-20(15-7-5-4-6-8-15)17-18(22-23-19(17)21(24)25)14-9-11-16(26-2)12-10-14/h4-12,20H,3,13H2,1-2H3,(H,22,23)/t20-/m1/s1. The number of nitrogens with zero attached hydrogens (tertiary/aromatic N) is 2. The van der Waals surface area contributed by atoms with Crippen molar-refractivity contribution in [1.82, 2.24) is 15.1 Å². The highest BCUT2D eigenvalue weighted by atomic mass is 16.5. The molecule has 1 atom stereocenters. The number of hydrogen-bond acceptors (Lipinski definition) is 3. The molecule has 1 amide bonds. The largest absolute Gasteiger partial charge is 0.497 e. The van der Waals surface area contributed by atoms with E-state index >= 15 is 0 Å². The van der Waals surface area contributed by atoms with Crippen molar-refractivity contribution in [3.8, 4) is 17.0 Å². The second-order valence-electron chi connectivity index (χ2n) is 6.40. The zero-order valence-electron chi connectivity index (χ0n) is 14.9. The molecule has 1 aliphatic rings. The van der Waals surface area contributed by atoms with Crippen molar-refractivity contribution in [3.05, 3.63) is 71.4 Å². The fourth-order valence-electron chi connectivity index (χ4n) is 3.62. The summed E-state index contributed by atoms with van der Waals surface area (Å²) in [5.74, 6) is 0.812. The minimum absolute atomic E-state index is 0.0166. The van der Waals surface area contributed by atoms with E-state index in [1.807, 2.05) is 47.4 Å². The Kier molecular flexibility index (Phi) is 4.21. The van der Waals surface area contributed by atoms with E-state index in [-0.39, 0.29) is 11.9 Å². The Morgan fingerprint density at radius 1 is 1.12 bits per heavy atom. The molecule has 26 heavy (non-hydrogen) atoms. The molecule has 0 aliphatic carbocycles. The average molecular weight is 347 g/mol. The molecule has 3 aromatic rings. The summed E-state index contributed by atoms with van der Waals surface area (Å²) >= 11 is 0. The topological polar surface area (TPSA) is 58.2 Å². The van der Waals surface area contributed by atoms with Crippen molar-refractivity contribution in [1.29, 1.82) is 0 Å². The van der Waals surface area contributed by atoms with E-state index < -0.39 is 0 Å². The Morgan fingerprint density at radius 3 is 2.50 bits per heavy atom. The Labute approximate surface area is 152 Å². The molecule has 2 aromatic carbocycles. The maximum Gasteiger partial charge on any atom is 0.273 e. The third-order valence-corrected chi connectivity index (χ3v) is 4.81. The number of carbonyl (C=O) groups excluding carboxylic acids is 1. The number of benzene rings is 2. The summed E-state index contributed by atoms with van der Waals surface area (Å²) in [4.78, 5) is 14.9. The lowest BCUT2D eigenvalue weighted by Gasteiger charge is -2.26. The van der Waals surface area contributed by atoms with Crippen LogP contribution in [0.4, 0.5) is 0 Å². The smallest absolute Gasteiger partial charge is 0.273 e. The third kappa shape index (κ3) is 2.56.